The molecule has 38 heavy (non-hydrogen) atoms. The minimum Gasteiger partial charge on any atom is -0.454 e. The summed E-state index contributed by atoms with van der Waals surface area (Å²) in [6.45, 7) is 5.59. The van der Waals surface area contributed by atoms with Crippen molar-refractivity contribution in [3.05, 3.63) is 89.5 Å². The second-order valence-electron chi connectivity index (χ2n) is 9.45. The monoisotopic (exact) mass is 515 g/mol. The number of nitrogens with zero attached hydrogens (tertiary/aromatic N) is 2. The highest BCUT2D eigenvalue weighted by molar-refractivity contribution is 6.06. The van der Waals surface area contributed by atoms with E-state index < -0.39 is 0 Å². The number of fused-ring (bicyclic) bond motifs is 1. The van der Waals surface area contributed by atoms with E-state index in [0.29, 0.717) is 30.2 Å². The average Bonchev–Trinajstić information content (AvgIpc) is 3.43. The Morgan fingerprint density at radius 1 is 0.868 bits per heavy atom. The van der Waals surface area contributed by atoms with Gasteiger partial charge in [-0.2, -0.15) is 0 Å². The molecule has 8 heteroatoms. The number of carbonyl (C=O) groups excluding carboxylic acids is 2. The number of nitrogens with one attached hydrogen (secondary N) is 1. The summed E-state index contributed by atoms with van der Waals surface area (Å²) in [6, 6.07) is 22.7. The van der Waals surface area contributed by atoms with Crippen molar-refractivity contribution in [3.8, 4) is 11.5 Å². The molecule has 198 valence electrons. The highest BCUT2D eigenvalue weighted by atomic mass is 16.7. The van der Waals surface area contributed by atoms with E-state index >= 15 is 0 Å². The van der Waals surface area contributed by atoms with Crippen LogP contribution in [0.3, 0.4) is 0 Å². The van der Waals surface area contributed by atoms with Crippen molar-refractivity contribution in [2.45, 2.75) is 19.4 Å². The van der Waals surface area contributed by atoms with Gasteiger partial charge in [0.1, 0.15) is 0 Å². The van der Waals surface area contributed by atoms with Crippen LogP contribution in [0.2, 0.25) is 0 Å². The second-order valence-corrected chi connectivity index (χ2v) is 9.45. The van der Waals surface area contributed by atoms with Gasteiger partial charge in [-0.05, 0) is 54.4 Å². The molecule has 0 radical (unpaired) electrons. The molecular formula is C30H33N3O5. The fourth-order valence-corrected chi connectivity index (χ4v) is 4.67. The molecular weight excluding hydrogens is 482 g/mol. The summed E-state index contributed by atoms with van der Waals surface area (Å²) in [4.78, 5) is 30.5. The molecule has 1 N–H and O–H groups in total. The summed E-state index contributed by atoms with van der Waals surface area (Å²) in [5.74, 6) is 1.02. The number of ether oxygens (including phenoxy) is 3. The van der Waals surface area contributed by atoms with Crippen LogP contribution in [-0.4, -0.2) is 62.9 Å². The van der Waals surface area contributed by atoms with Crippen LogP contribution in [0.4, 0.5) is 5.69 Å². The molecule has 1 fully saturated rings. The van der Waals surface area contributed by atoms with Gasteiger partial charge in [-0.15, -0.1) is 0 Å². The molecule has 0 bridgehead atoms. The summed E-state index contributed by atoms with van der Waals surface area (Å²) in [5.41, 5.74) is 3.09. The number of anilines is 1. The molecule has 2 amide bonds. The number of morpholine rings is 1. The molecule has 0 aliphatic carbocycles. The predicted octanol–water partition coefficient (Wildman–Crippen LogP) is 3.64. The minimum atomic E-state index is -0.156. The van der Waals surface area contributed by atoms with Crippen LogP contribution in [0.15, 0.2) is 72.8 Å². The molecule has 2 aliphatic rings. The van der Waals surface area contributed by atoms with Crippen LogP contribution in [0, 0.1) is 0 Å². The minimum absolute atomic E-state index is 0.0270. The van der Waals surface area contributed by atoms with Crippen molar-refractivity contribution in [1.29, 1.82) is 0 Å². The van der Waals surface area contributed by atoms with Gasteiger partial charge in [0.05, 0.1) is 26.2 Å². The topological polar surface area (TPSA) is 80.3 Å². The maximum absolute atomic E-state index is 13.7. The first-order valence-corrected chi connectivity index (χ1v) is 13.1. The Kier molecular flexibility index (Phi) is 8.53. The van der Waals surface area contributed by atoms with Crippen molar-refractivity contribution < 1.29 is 23.8 Å². The van der Waals surface area contributed by atoms with Gasteiger partial charge >= 0.3 is 0 Å². The second kappa shape index (κ2) is 12.6. The van der Waals surface area contributed by atoms with E-state index in [4.69, 9.17) is 14.2 Å². The molecule has 3 aromatic carbocycles. The van der Waals surface area contributed by atoms with Gasteiger partial charge in [0.15, 0.2) is 11.5 Å². The van der Waals surface area contributed by atoms with Crippen molar-refractivity contribution in [2.24, 2.45) is 0 Å². The van der Waals surface area contributed by atoms with Crippen LogP contribution < -0.4 is 19.7 Å². The summed E-state index contributed by atoms with van der Waals surface area (Å²) in [7, 11) is 0. The van der Waals surface area contributed by atoms with Gasteiger partial charge in [0.2, 0.25) is 12.7 Å². The molecule has 8 nitrogen and oxygen atoms in total. The molecule has 5 rings (SSSR count). The largest absolute Gasteiger partial charge is 0.454 e. The third-order valence-electron chi connectivity index (χ3n) is 6.71. The maximum atomic E-state index is 13.7. The highest BCUT2D eigenvalue weighted by Gasteiger charge is 2.22. The summed E-state index contributed by atoms with van der Waals surface area (Å²) in [5, 5.41) is 3.03. The van der Waals surface area contributed by atoms with Crippen LogP contribution >= 0.6 is 0 Å². The number of hydrogen-bond donors (Lipinski definition) is 1. The number of benzene rings is 3. The van der Waals surface area contributed by atoms with Crippen molar-refractivity contribution >= 4 is 17.5 Å². The summed E-state index contributed by atoms with van der Waals surface area (Å²) < 4.78 is 16.3. The zero-order valence-corrected chi connectivity index (χ0v) is 21.4. The smallest absolute Gasteiger partial charge is 0.258 e. The van der Waals surface area contributed by atoms with Crippen molar-refractivity contribution in [3.63, 3.8) is 0 Å². The first kappa shape index (κ1) is 25.8. The third-order valence-corrected chi connectivity index (χ3v) is 6.71. The van der Waals surface area contributed by atoms with E-state index in [1.54, 1.807) is 23.1 Å². The number of rotatable bonds is 10. The summed E-state index contributed by atoms with van der Waals surface area (Å²) in [6.07, 6.45) is 1.16. The Balaban J connectivity index is 1.26. The van der Waals surface area contributed by atoms with Gasteiger partial charge in [-0.1, -0.05) is 42.5 Å². The molecule has 0 unspecified atom stereocenters. The molecule has 0 atom stereocenters. The normalized spacial score (nSPS) is 14.7. The lowest BCUT2D eigenvalue weighted by atomic mass is 10.1. The fraction of sp³-hybridized carbons (Fsp3) is 0.333. The van der Waals surface area contributed by atoms with E-state index in [1.165, 1.54) is 0 Å². The molecule has 2 heterocycles. The number of amides is 2. The lowest BCUT2D eigenvalue weighted by molar-refractivity contribution is -0.120. The zero-order valence-electron chi connectivity index (χ0n) is 21.4. The van der Waals surface area contributed by atoms with Crippen LogP contribution in [0.25, 0.3) is 0 Å². The summed E-state index contributed by atoms with van der Waals surface area (Å²) >= 11 is 0. The van der Waals surface area contributed by atoms with Gasteiger partial charge in [-0.25, -0.2) is 0 Å². The quantitative estimate of drug-likeness (QED) is 0.416. The van der Waals surface area contributed by atoms with Crippen LogP contribution in [0.5, 0.6) is 11.5 Å². The van der Waals surface area contributed by atoms with Gasteiger partial charge in [0, 0.05) is 30.9 Å². The zero-order chi connectivity index (χ0) is 26.2. The maximum Gasteiger partial charge on any atom is 0.258 e. The first-order chi connectivity index (χ1) is 18.7. The Hall–Kier alpha value is -3.88. The van der Waals surface area contributed by atoms with Crippen LogP contribution in [0.1, 0.15) is 27.9 Å². The molecule has 0 aromatic heterocycles. The van der Waals surface area contributed by atoms with Gasteiger partial charge in [-0.3, -0.25) is 14.5 Å². The number of hydrogen-bond acceptors (Lipinski definition) is 6. The fourth-order valence-electron chi connectivity index (χ4n) is 4.67. The van der Waals surface area contributed by atoms with E-state index in [9.17, 15) is 9.59 Å². The van der Waals surface area contributed by atoms with E-state index in [1.807, 2.05) is 54.6 Å². The standard InChI is InChI=1S/C30H33N3O5/c34-29(31-12-5-13-32-14-16-36-17-15-32)19-24-8-4-9-26(18-24)33(21-23-6-2-1-3-7-23)30(35)25-10-11-27-28(20-25)38-22-37-27/h1-4,6-11,18,20H,5,12-17,19,21-22H2,(H,31,34). The molecule has 0 spiro atoms. The Bertz CT molecular complexity index is 1240. The lowest BCUT2D eigenvalue weighted by Gasteiger charge is -2.26. The Labute approximate surface area is 223 Å². The first-order valence-electron chi connectivity index (χ1n) is 13.1. The molecule has 0 saturated carbocycles. The predicted molar refractivity (Wildman–Crippen MR) is 145 cm³/mol. The highest BCUT2D eigenvalue weighted by Crippen LogP contribution is 2.33. The molecule has 2 aliphatic heterocycles. The Morgan fingerprint density at radius 2 is 1.66 bits per heavy atom. The lowest BCUT2D eigenvalue weighted by Crippen LogP contribution is -2.38. The van der Waals surface area contributed by atoms with Crippen molar-refractivity contribution in [2.75, 3.05) is 51.1 Å². The van der Waals surface area contributed by atoms with Crippen molar-refractivity contribution in [1.82, 2.24) is 10.2 Å². The molecule has 3 aromatic rings. The Morgan fingerprint density at radius 3 is 2.50 bits per heavy atom. The van der Waals surface area contributed by atoms with Gasteiger partial charge < -0.3 is 24.4 Å². The van der Waals surface area contributed by atoms with Gasteiger partial charge in [0.25, 0.3) is 5.91 Å². The SMILES string of the molecule is O=C(Cc1cccc(N(Cc2ccccc2)C(=O)c2ccc3c(c2)OCO3)c1)NCCCN1CCOCC1. The van der Waals surface area contributed by atoms with E-state index in [2.05, 4.69) is 10.2 Å². The van der Waals surface area contributed by atoms with Crippen LogP contribution in [-0.2, 0) is 22.5 Å². The molecule has 1 saturated heterocycles. The number of carbonyl (C=O) groups is 2. The third kappa shape index (κ3) is 6.70. The average molecular weight is 516 g/mol. The van der Waals surface area contributed by atoms with E-state index in [-0.39, 0.29) is 25.0 Å². The van der Waals surface area contributed by atoms with E-state index in [0.717, 1.165) is 56.1 Å².